The van der Waals surface area contributed by atoms with E-state index in [1.54, 1.807) is 12.1 Å². The zero-order valence-electron chi connectivity index (χ0n) is 15.5. The summed E-state index contributed by atoms with van der Waals surface area (Å²) >= 11 is 5.63. The summed E-state index contributed by atoms with van der Waals surface area (Å²) in [4.78, 5) is 35.6. The standard InChI is InChI=1S/C21H21ClFNO4/c1-2-3-14-4-6-15(7-5-14)19(25)10-11-21(27)28-13-20(26)24-16-8-9-18(23)17(22)12-16/h4-9,12H,2-3,10-11,13H2,1H3,(H,24,26). The van der Waals surface area contributed by atoms with E-state index in [0.717, 1.165) is 24.5 Å². The molecule has 0 atom stereocenters. The Morgan fingerprint density at radius 3 is 2.43 bits per heavy atom. The first-order chi connectivity index (χ1) is 13.4. The Morgan fingerprint density at radius 2 is 1.79 bits per heavy atom. The van der Waals surface area contributed by atoms with Gasteiger partial charge < -0.3 is 10.1 Å². The zero-order valence-corrected chi connectivity index (χ0v) is 16.2. The first kappa shape index (κ1) is 21.6. The number of anilines is 1. The van der Waals surface area contributed by atoms with Crippen LogP contribution in [0.1, 0.15) is 42.1 Å². The Kier molecular flexibility index (Phi) is 8.14. The largest absolute Gasteiger partial charge is 0.456 e. The van der Waals surface area contributed by atoms with Crippen molar-refractivity contribution >= 4 is 34.9 Å². The number of carbonyl (C=O) groups is 3. The number of aryl methyl sites for hydroxylation is 1. The van der Waals surface area contributed by atoms with Crippen LogP contribution in [0.4, 0.5) is 10.1 Å². The quantitative estimate of drug-likeness (QED) is 0.489. The number of esters is 1. The maximum atomic E-state index is 13.1. The van der Waals surface area contributed by atoms with Crippen LogP contribution in [0.3, 0.4) is 0 Å². The van der Waals surface area contributed by atoms with Crippen molar-refractivity contribution in [2.75, 3.05) is 11.9 Å². The molecule has 0 aliphatic heterocycles. The molecule has 28 heavy (non-hydrogen) atoms. The van der Waals surface area contributed by atoms with E-state index < -0.39 is 24.3 Å². The van der Waals surface area contributed by atoms with Crippen molar-refractivity contribution in [3.63, 3.8) is 0 Å². The van der Waals surface area contributed by atoms with Crippen LogP contribution in [0, 0.1) is 5.82 Å². The number of amides is 1. The SMILES string of the molecule is CCCc1ccc(C(=O)CCC(=O)OCC(=O)Nc2ccc(F)c(Cl)c2)cc1. The Bertz CT molecular complexity index is 852. The molecule has 0 radical (unpaired) electrons. The van der Waals surface area contributed by atoms with Gasteiger partial charge >= 0.3 is 5.97 Å². The molecule has 0 aliphatic carbocycles. The van der Waals surface area contributed by atoms with Crippen LogP contribution >= 0.6 is 11.6 Å². The van der Waals surface area contributed by atoms with Gasteiger partial charge in [0.15, 0.2) is 12.4 Å². The summed E-state index contributed by atoms with van der Waals surface area (Å²) in [5.74, 6) is -2.00. The molecule has 0 unspecified atom stereocenters. The number of hydrogen-bond donors (Lipinski definition) is 1. The average Bonchev–Trinajstić information content (AvgIpc) is 2.68. The van der Waals surface area contributed by atoms with Gasteiger partial charge in [0.1, 0.15) is 5.82 Å². The van der Waals surface area contributed by atoms with Gasteiger partial charge in [-0.15, -0.1) is 0 Å². The molecule has 2 aromatic carbocycles. The Labute approximate surface area is 167 Å². The van der Waals surface area contributed by atoms with Gasteiger partial charge in [0, 0.05) is 17.7 Å². The lowest BCUT2D eigenvalue weighted by Gasteiger charge is -2.07. The lowest BCUT2D eigenvalue weighted by Crippen LogP contribution is -2.21. The fraction of sp³-hybridized carbons (Fsp3) is 0.286. The molecule has 0 bridgehead atoms. The molecule has 2 rings (SSSR count). The molecule has 0 fully saturated rings. The molecule has 0 aliphatic rings. The van der Waals surface area contributed by atoms with Crippen molar-refractivity contribution in [1.29, 1.82) is 0 Å². The minimum atomic E-state index is -0.650. The molecule has 1 N–H and O–H groups in total. The Hall–Kier alpha value is -2.73. The van der Waals surface area contributed by atoms with E-state index in [4.69, 9.17) is 16.3 Å². The maximum Gasteiger partial charge on any atom is 0.306 e. The van der Waals surface area contributed by atoms with Gasteiger partial charge in [-0.3, -0.25) is 14.4 Å². The summed E-state index contributed by atoms with van der Waals surface area (Å²) in [6, 6.07) is 11.0. The second-order valence-corrected chi connectivity index (χ2v) is 6.62. The molecule has 2 aromatic rings. The van der Waals surface area contributed by atoms with E-state index >= 15 is 0 Å². The molecule has 0 heterocycles. The average molecular weight is 406 g/mol. The molecule has 7 heteroatoms. The highest BCUT2D eigenvalue weighted by Crippen LogP contribution is 2.19. The molecule has 0 saturated heterocycles. The van der Waals surface area contributed by atoms with Crippen LogP contribution in [0.5, 0.6) is 0 Å². The van der Waals surface area contributed by atoms with E-state index in [0.29, 0.717) is 5.56 Å². The van der Waals surface area contributed by atoms with Crippen molar-refractivity contribution in [1.82, 2.24) is 0 Å². The molecular formula is C21H21ClFNO4. The topological polar surface area (TPSA) is 72.5 Å². The van der Waals surface area contributed by atoms with Crippen molar-refractivity contribution in [3.05, 3.63) is 64.4 Å². The van der Waals surface area contributed by atoms with Crippen LogP contribution in [-0.4, -0.2) is 24.3 Å². The zero-order chi connectivity index (χ0) is 20.5. The van der Waals surface area contributed by atoms with Gasteiger partial charge in [-0.25, -0.2) is 4.39 Å². The van der Waals surface area contributed by atoms with Gasteiger partial charge in [-0.2, -0.15) is 0 Å². The minimum absolute atomic E-state index is 0.00114. The number of nitrogens with one attached hydrogen (secondary N) is 1. The first-order valence-corrected chi connectivity index (χ1v) is 9.29. The van der Waals surface area contributed by atoms with Gasteiger partial charge in [0.05, 0.1) is 11.4 Å². The highest BCUT2D eigenvalue weighted by molar-refractivity contribution is 6.31. The van der Waals surface area contributed by atoms with Crippen molar-refractivity contribution < 1.29 is 23.5 Å². The van der Waals surface area contributed by atoms with Crippen LogP contribution in [0.2, 0.25) is 5.02 Å². The first-order valence-electron chi connectivity index (χ1n) is 8.91. The van der Waals surface area contributed by atoms with Gasteiger partial charge in [-0.05, 0) is 30.2 Å². The highest BCUT2D eigenvalue weighted by Gasteiger charge is 2.12. The number of benzene rings is 2. The molecular weight excluding hydrogens is 385 g/mol. The van der Waals surface area contributed by atoms with E-state index in [1.807, 2.05) is 12.1 Å². The van der Waals surface area contributed by atoms with E-state index in [-0.39, 0.29) is 29.3 Å². The maximum absolute atomic E-state index is 13.1. The molecule has 1 amide bonds. The molecule has 5 nitrogen and oxygen atoms in total. The van der Waals surface area contributed by atoms with Crippen LogP contribution < -0.4 is 5.32 Å². The monoisotopic (exact) mass is 405 g/mol. The lowest BCUT2D eigenvalue weighted by molar-refractivity contribution is -0.147. The summed E-state index contributed by atoms with van der Waals surface area (Å²) in [6.07, 6.45) is 1.86. The third kappa shape index (κ3) is 6.78. The van der Waals surface area contributed by atoms with Crippen LogP contribution in [0.15, 0.2) is 42.5 Å². The number of hydrogen-bond acceptors (Lipinski definition) is 4. The van der Waals surface area contributed by atoms with Gasteiger partial charge in [0.2, 0.25) is 0 Å². The van der Waals surface area contributed by atoms with Crippen LogP contribution in [-0.2, 0) is 20.7 Å². The number of rotatable bonds is 9. The number of halogens is 2. The third-order valence-corrected chi connectivity index (χ3v) is 4.23. The van der Waals surface area contributed by atoms with Crippen LogP contribution in [0.25, 0.3) is 0 Å². The molecule has 0 saturated carbocycles. The molecule has 0 aromatic heterocycles. The molecule has 148 valence electrons. The summed E-state index contributed by atoms with van der Waals surface area (Å²) in [5.41, 5.74) is 1.99. The molecule has 0 spiro atoms. The second kappa shape index (κ2) is 10.6. The minimum Gasteiger partial charge on any atom is -0.456 e. The van der Waals surface area contributed by atoms with E-state index in [9.17, 15) is 18.8 Å². The lowest BCUT2D eigenvalue weighted by atomic mass is 10.0. The Balaban J connectivity index is 1.73. The summed E-state index contributed by atoms with van der Waals surface area (Å²) < 4.78 is 17.9. The van der Waals surface area contributed by atoms with Crippen molar-refractivity contribution in [2.24, 2.45) is 0 Å². The van der Waals surface area contributed by atoms with Gasteiger partial charge in [-0.1, -0.05) is 49.2 Å². The smallest absolute Gasteiger partial charge is 0.306 e. The Morgan fingerprint density at radius 1 is 1.07 bits per heavy atom. The number of carbonyl (C=O) groups excluding carboxylic acids is 3. The normalized spacial score (nSPS) is 10.4. The summed E-state index contributed by atoms with van der Waals surface area (Å²) in [6.45, 7) is 1.58. The number of Topliss-reactive ketones (excluding diaryl/α,β-unsaturated/α-hetero) is 1. The predicted molar refractivity (Wildman–Crippen MR) is 105 cm³/mol. The van der Waals surface area contributed by atoms with Crippen molar-refractivity contribution in [3.8, 4) is 0 Å². The fourth-order valence-electron chi connectivity index (χ4n) is 2.50. The predicted octanol–water partition coefficient (Wildman–Crippen LogP) is 4.58. The number of ether oxygens (including phenoxy) is 1. The van der Waals surface area contributed by atoms with Crippen molar-refractivity contribution in [2.45, 2.75) is 32.6 Å². The number of ketones is 1. The third-order valence-electron chi connectivity index (χ3n) is 3.94. The van der Waals surface area contributed by atoms with E-state index in [2.05, 4.69) is 12.2 Å². The highest BCUT2D eigenvalue weighted by atomic mass is 35.5. The van der Waals surface area contributed by atoms with Gasteiger partial charge in [0.25, 0.3) is 5.91 Å². The fourth-order valence-corrected chi connectivity index (χ4v) is 2.68. The second-order valence-electron chi connectivity index (χ2n) is 6.21. The van der Waals surface area contributed by atoms with E-state index in [1.165, 1.54) is 12.1 Å². The summed E-state index contributed by atoms with van der Waals surface area (Å²) in [5, 5.41) is 2.31. The summed E-state index contributed by atoms with van der Waals surface area (Å²) in [7, 11) is 0.